The lowest BCUT2D eigenvalue weighted by molar-refractivity contribution is 0.520. The minimum absolute atomic E-state index is 0.400. The molecule has 2 heterocycles. The Balaban J connectivity index is 1.95. The number of nitrogens with one attached hydrogen (secondary N) is 1. The molecule has 0 unspecified atom stereocenters. The SMILES string of the molecule is CC(C)NCc1cnn(Cc2ccn(C(C)C)n2)c1. The summed E-state index contributed by atoms with van der Waals surface area (Å²) in [5.74, 6) is 0. The van der Waals surface area contributed by atoms with Crippen molar-refractivity contribution in [1.82, 2.24) is 24.9 Å². The van der Waals surface area contributed by atoms with Gasteiger partial charge in [0, 0.05) is 36.6 Å². The Hall–Kier alpha value is -1.62. The van der Waals surface area contributed by atoms with E-state index >= 15 is 0 Å². The summed E-state index contributed by atoms with van der Waals surface area (Å²) < 4.78 is 3.91. The summed E-state index contributed by atoms with van der Waals surface area (Å²) >= 11 is 0. The minimum atomic E-state index is 0.400. The second-order valence-corrected chi connectivity index (χ2v) is 5.46. The topological polar surface area (TPSA) is 47.7 Å². The van der Waals surface area contributed by atoms with Gasteiger partial charge in [-0.05, 0) is 19.9 Å². The molecule has 0 atom stereocenters. The average Bonchev–Trinajstić information content (AvgIpc) is 2.96. The molecule has 0 spiro atoms. The molecular weight excluding hydrogens is 238 g/mol. The molecule has 0 aliphatic heterocycles. The molecule has 5 nitrogen and oxygen atoms in total. The van der Waals surface area contributed by atoms with Crippen LogP contribution in [0.4, 0.5) is 0 Å². The van der Waals surface area contributed by atoms with Crippen LogP contribution in [0.15, 0.2) is 24.7 Å². The molecule has 1 N–H and O–H groups in total. The van der Waals surface area contributed by atoms with E-state index in [1.54, 1.807) is 0 Å². The van der Waals surface area contributed by atoms with E-state index in [0.29, 0.717) is 12.1 Å². The molecule has 0 radical (unpaired) electrons. The van der Waals surface area contributed by atoms with Crippen LogP contribution < -0.4 is 5.32 Å². The highest BCUT2D eigenvalue weighted by Crippen LogP contribution is 2.06. The van der Waals surface area contributed by atoms with E-state index in [4.69, 9.17) is 0 Å². The minimum Gasteiger partial charge on any atom is -0.310 e. The smallest absolute Gasteiger partial charge is 0.0849 e. The molecule has 0 aliphatic carbocycles. The van der Waals surface area contributed by atoms with Gasteiger partial charge in [0.1, 0.15) is 0 Å². The summed E-state index contributed by atoms with van der Waals surface area (Å²) in [6, 6.07) is 2.94. The van der Waals surface area contributed by atoms with Crippen molar-refractivity contribution >= 4 is 0 Å². The first-order chi connectivity index (χ1) is 9.04. The largest absolute Gasteiger partial charge is 0.310 e. The maximum atomic E-state index is 4.53. The van der Waals surface area contributed by atoms with Gasteiger partial charge in [-0.3, -0.25) is 9.36 Å². The summed E-state index contributed by atoms with van der Waals surface area (Å²) in [4.78, 5) is 0. The van der Waals surface area contributed by atoms with E-state index in [9.17, 15) is 0 Å². The molecule has 19 heavy (non-hydrogen) atoms. The zero-order valence-electron chi connectivity index (χ0n) is 12.2. The molecule has 2 aromatic heterocycles. The van der Waals surface area contributed by atoms with Crippen molar-refractivity contribution in [2.75, 3.05) is 0 Å². The number of hydrogen-bond donors (Lipinski definition) is 1. The van der Waals surface area contributed by atoms with Crippen LogP contribution in [0, 0.1) is 0 Å². The Morgan fingerprint density at radius 1 is 1.26 bits per heavy atom. The lowest BCUT2D eigenvalue weighted by Crippen LogP contribution is -2.21. The fraction of sp³-hybridized carbons (Fsp3) is 0.571. The van der Waals surface area contributed by atoms with Crippen LogP contribution in [0.1, 0.15) is 45.0 Å². The first-order valence-corrected chi connectivity index (χ1v) is 6.83. The van der Waals surface area contributed by atoms with Crippen LogP contribution in [-0.2, 0) is 13.1 Å². The molecule has 0 amide bonds. The molecule has 5 heteroatoms. The van der Waals surface area contributed by atoms with Crippen LogP contribution in [0.3, 0.4) is 0 Å². The second kappa shape index (κ2) is 6.02. The molecule has 0 saturated carbocycles. The predicted octanol–water partition coefficient (Wildman–Crippen LogP) is 2.21. The monoisotopic (exact) mass is 261 g/mol. The third-order valence-electron chi connectivity index (χ3n) is 2.92. The first-order valence-electron chi connectivity index (χ1n) is 6.83. The number of nitrogens with zero attached hydrogens (tertiary/aromatic N) is 4. The van der Waals surface area contributed by atoms with Gasteiger partial charge in [-0.1, -0.05) is 13.8 Å². The van der Waals surface area contributed by atoms with Gasteiger partial charge in [-0.25, -0.2) is 0 Å². The van der Waals surface area contributed by atoms with Crippen LogP contribution in [0.2, 0.25) is 0 Å². The van der Waals surface area contributed by atoms with Crippen molar-refractivity contribution in [3.05, 3.63) is 35.9 Å². The summed E-state index contributed by atoms with van der Waals surface area (Å²) in [6.07, 6.45) is 6.00. The van der Waals surface area contributed by atoms with Gasteiger partial charge < -0.3 is 5.32 Å². The third-order valence-corrected chi connectivity index (χ3v) is 2.92. The zero-order valence-corrected chi connectivity index (χ0v) is 12.2. The van der Waals surface area contributed by atoms with Crippen molar-refractivity contribution in [2.24, 2.45) is 0 Å². The van der Waals surface area contributed by atoms with Crippen molar-refractivity contribution < 1.29 is 0 Å². The van der Waals surface area contributed by atoms with Gasteiger partial charge in [0.2, 0.25) is 0 Å². The lowest BCUT2D eigenvalue weighted by atomic mass is 10.3. The van der Waals surface area contributed by atoms with Gasteiger partial charge in [0.05, 0.1) is 18.4 Å². The molecule has 2 rings (SSSR count). The summed E-state index contributed by atoms with van der Waals surface area (Å²) in [5, 5.41) is 12.3. The van der Waals surface area contributed by atoms with E-state index < -0.39 is 0 Å². The van der Waals surface area contributed by atoms with E-state index in [-0.39, 0.29) is 0 Å². The van der Waals surface area contributed by atoms with E-state index in [1.165, 1.54) is 5.56 Å². The van der Waals surface area contributed by atoms with Gasteiger partial charge in [0.25, 0.3) is 0 Å². The van der Waals surface area contributed by atoms with Gasteiger partial charge in [-0.2, -0.15) is 10.2 Å². The Labute approximate surface area is 114 Å². The Kier molecular flexibility index (Phi) is 4.37. The quantitative estimate of drug-likeness (QED) is 0.867. The van der Waals surface area contributed by atoms with Gasteiger partial charge >= 0.3 is 0 Å². The Morgan fingerprint density at radius 2 is 2.05 bits per heavy atom. The number of rotatable bonds is 6. The number of hydrogen-bond acceptors (Lipinski definition) is 3. The summed E-state index contributed by atoms with van der Waals surface area (Å²) in [7, 11) is 0. The van der Waals surface area contributed by atoms with Crippen molar-refractivity contribution in [3.63, 3.8) is 0 Å². The van der Waals surface area contributed by atoms with Crippen LogP contribution >= 0.6 is 0 Å². The third kappa shape index (κ3) is 3.92. The van der Waals surface area contributed by atoms with Crippen LogP contribution in [-0.4, -0.2) is 25.6 Å². The zero-order chi connectivity index (χ0) is 13.8. The molecular formula is C14H23N5. The normalized spacial score (nSPS) is 11.7. The van der Waals surface area contributed by atoms with E-state index in [2.05, 4.69) is 49.4 Å². The van der Waals surface area contributed by atoms with Crippen molar-refractivity contribution in [2.45, 2.75) is 52.9 Å². The fourth-order valence-corrected chi connectivity index (χ4v) is 1.82. The van der Waals surface area contributed by atoms with E-state index in [1.807, 2.05) is 27.8 Å². The second-order valence-electron chi connectivity index (χ2n) is 5.46. The highest BCUT2D eigenvalue weighted by molar-refractivity contribution is 5.06. The van der Waals surface area contributed by atoms with Gasteiger partial charge in [0.15, 0.2) is 0 Å². The Morgan fingerprint density at radius 3 is 2.68 bits per heavy atom. The molecule has 0 bridgehead atoms. The highest BCUT2D eigenvalue weighted by atomic mass is 15.3. The predicted molar refractivity (Wildman–Crippen MR) is 75.9 cm³/mol. The molecule has 0 aromatic carbocycles. The average molecular weight is 261 g/mol. The van der Waals surface area contributed by atoms with Gasteiger partial charge in [-0.15, -0.1) is 0 Å². The summed E-state index contributed by atoms with van der Waals surface area (Å²) in [5.41, 5.74) is 2.25. The molecule has 0 fully saturated rings. The maximum absolute atomic E-state index is 4.53. The van der Waals surface area contributed by atoms with Crippen molar-refractivity contribution in [1.29, 1.82) is 0 Å². The maximum Gasteiger partial charge on any atom is 0.0849 e. The fourth-order valence-electron chi connectivity index (χ4n) is 1.82. The Bertz CT molecular complexity index is 509. The van der Waals surface area contributed by atoms with Crippen molar-refractivity contribution in [3.8, 4) is 0 Å². The lowest BCUT2D eigenvalue weighted by Gasteiger charge is -2.05. The first kappa shape index (κ1) is 13.8. The van der Waals surface area contributed by atoms with Crippen LogP contribution in [0.5, 0.6) is 0 Å². The van der Waals surface area contributed by atoms with Crippen LogP contribution in [0.25, 0.3) is 0 Å². The molecule has 2 aromatic rings. The molecule has 104 valence electrons. The highest BCUT2D eigenvalue weighted by Gasteiger charge is 2.04. The summed E-state index contributed by atoms with van der Waals surface area (Å²) in [6.45, 7) is 10.1. The molecule has 0 aliphatic rings. The number of aromatic nitrogens is 4. The molecule has 0 saturated heterocycles. The van der Waals surface area contributed by atoms with E-state index in [0.717, 1.165) is 18.8 Å². The standard InChI is InChI=1S/C14H23N5/c1-11(2)15-7-13-8-16-18(9-13)10-14-5-6-19(17-14)12(3)4/h5-6,8-9,11-12,15H,7,10H2,1-4H3.